The van der Waals surface area contributed by atoms with Crippen LogP contribution in [0.25, 0.3) is 5.69 Å². The van der Waals surface area contributed by atoms with E-state index in [1.165, 1.54) is 11.8 Å². The normalized spacial score (nSPS) is 18.0. The Balaban J connectivity index is 1.25. The van der Waals surface area contributed by atoms with Crippen molar-refractivity contribution in [3.8, 4) is 5.69 Å². The van der Waals surface area contributed by atoms with Gasteiger partial charge in [-0.15, -0.1) is 32.9 Å². The van der Waals surface area contributed by atoms with E-state index >= 15 is 0 Å². The maximum absolute atomic E-state index is 13.4. The van der Waals surface area contributed by atoms with Crippen LogP contribution in [0.4, 0.5) is 0 Å². The van der Waals surface area contributed by atoms with E-state index < -0.39 is 0 Å². The summed E-state index contributed by atoms with van der Waals surface area (Å²) in [4.78, 5) is 15.7. The molecule has 166 valence electrons. The summed E-state index contributed by atoms with van der Waals surface area (Å²) in [7, 11) is 0. The molecule has 1 fully saturated rings. The van der Waals surface area contributed by atoms with Crippen LogP contribution in [0.15, 0.2) is 75.6 Å². The fourth-order valence-corrected chi connectivity index (χ4v) is 6.37. The molecule has 0 N–H and O–H groups in total. The summed E-state index contributed by atoms with van der Waals surface area (Å²) in [5.41, 5.74) is 2.01. The van der Waals surface area contributed by atoms with Gasteiger partial charge in [-0.2, -0.15) is 5.10 Å². The lowest BCUT2D eigenvalue weighted by Gasteiger charge is -2.20. The van der Waals surface area contributed by atoms with Crippen molar-refractivity contribution >= 4 is 46.1 Å². The lowest BCUT2D eigenvalue weighted by molar-refractivity contribution is -0.130. The van der Waals surface area contributed by atoms with Crippen molar-refractivity contribution in [1.29, 1.82) is 0 Å². The summed E-state index contributed by atoms with van der Waals surface area (Å²) in [5, 5.41) is 20.2. The number of hydrogen-bond donors (Lipinski definition) is 0. The van der Waals surface area contributed by atoms with Gasteiger partial charge >= 0.3 is 0 Å². The summed E-state index contributed by atoms with van der Waals surface area (Å²) < 4.78 is 2.11. The van der Waals surface area contributed by atoms with Gasteiger partial charge in [0.1, 0.15) is 5.82 Å². The van der Waals surface area contributed by atoms with Gasteiger partial charge in [-0.1, -0.05) is 42.1 Å². The molecule has 1 amide bonds. The molecule has 6 rings (SSSR count). The number of hydrogen-bond acceptors (Lipinski definition) is 7. The molecule has 1 saturated carbocycles. The first-order valence-electron chi connectivity index (χ1n) is 10.9. The van der Waals surface area contributed by atoms with Crippen molar-refractivity contribution < 1.29 is 4.79 Å². The van der Waals surface area contributed by atoms with Crippen LogP contribution in [0, 0.1) is 0 Å². The van der Waals surface area contributed by atoms with Gasteiger partial charge < -0.3 is 0 Å². The second-order valence-corrected chi connectivity index (χ2v) is 10.9. The molecular weight excluding hydrogens is 470 g/mol. The first kappa shape index (κ1) is 20.8. The first-order valence-corrected chi connectivity index (χ1v) is 13.6. The Bertz CT molecular complexity index is 1280. The molecule has 1 aromatic carbocycles. The number of aromatic nitrogens is 3. The monoisotopic (exact) mass is 491 g/mol. The van der Waals surface area contributed by atoms with E-state index in [1.807, 2.05) is 35.7 Å². The van der Waals surface area contributed by atoms with Crippen LogP contribution in [0.2, 0.25) is 0 Å². The highest BCUT2D eigenvalue weighted by Gasteiger charge is 2.35. The molecule has 6 nitrogen and oxygen atoms in total. The number of hydrazone groups is 1. The Kier molecular flexibility index (Phi) is 5.61. The van der Waals surface area contributed by atoms with Crippen LogP contribution in [0.3, 0.4) is 0 Å². The number of para-hydroxylation sites is 1. The van der Waals surface area contributed by atoms with Crippen LogP contribution < -0.4 is 0 Å². The third kappa shape index (κ3) is 4.16. The van der Waals surface area contributed by atoms with Crippen LogP contribution >= 0.6 is 34.4 Å². The van der Waals surface area contributed by atoms with Crippen molar-refractivity contribution in [2.75, 3.05) is 5.75 Å². The summed E-state index contributed by atoms with van der Waals surface area (Å²) in [6.07, 6.45) is 3.03. The van der Waals surface area contributed by atoms with Crippen molar-refractivity contribution in [3.63, 3.8) is 0 Å². The molecule has 33 heavy (non-hydrogen) atoms. The number of rotatable bonds is 7. The Morgan fingerprint density at radius 2 is 1.82 bits per heavy atom. The smallest absolute Gasteiger partial charge is 0.253 e. The fraction of sp³-hybridized carbons (Fsp3) is 0.250. The lowest BCUT2D eigenvalue weighted by atomic mass is 10.1. The second kappa shape index (κ2) is 8.89. The van der Waals surface area contributed by atoms with Crippen LogP contribution in [-0.4, -0.2) is 37.1 Å². The Hall–Kier alpha value is -2.75. The van der Waals surface area contributed by atoms with Crippen molar-refractivity contribution in [2.24, 2.45) is 5.10 Å². The van der Waals surface area contributed by atoms with E-state index in [1.54, 1.807) is 27.7 Å². The zero-order chi connectivity index (χ0) is 22.2. The molecule has 4 heterocycles. The zero-order valence-corrected chi connectivity index (χ0v) is 20.2. The third-order valence-electron chi connectivity index (χ3n) is 5.78. The minimum absolute atomic E-state index is 0.0134. The second-order valence-electron chi connectivity index (χ2n) is 8.07. The highest BCUT2D eigenvalue weighted by atomic mass is 32.2. The molecular formula is C24H21N5OS3. The number of carbonyl (C=O) groups excluding carboxylic acids is 1. The Labute approximate surface area is 204 Å². The molecule has 0 radical (unpaired) electrons. The van der Waals surface area contributed by atoms with Gasteiger partial charge in [0.05, 0.1) is 22.4 Å². The molecule has 1 aliphatic carbocycles. The predicted molar refractivity (Wildman–Crippen MR) is 133 cm³/mol. The Morgan fingerprint density at radius 3 is 2.55 bits per heavy atom. The third-order valence-corrected chi connectivity index (χ3v) is 8.59. The van der Waals surface area contributed by atoms with E-state index in [2.05, 4.69) is 44.4 Å². The van der Waals surface area contributed by atoms with Gasteiger partial charge in [0.25, 0.3) is 5.91 Å². The number of nitrogens with zero attached hydrogens (tertiary/aromatic N) is 5. The molecule has 0 unspecified atom stereocenters. The summed E-state index contributed by atoms with van der Waals surface area (Å²) in [5.74, 6) is 1.70. The van der Waals surface area contributed by atoms with Gasteiger partial charge in [0, 0.05) is 22.9 Å². The van der Waals surface area contributed by atoms with Crippen LogP contribution in [0.1, 0.15) is 46.8 Å². The van der Waals surface area contributed by atoms with E-state index in [-0.39, 0.29) is 17.7 Å². The van der Waals surface area contributed by atoms with Crippen molar-refractivity contribution in [1.82, 2.24) is 19.8 Å². The molecule has 3 aromatic heterocycles. The molecule has 0 bridgehead atoms. The van der Waals surface area contributed by atoms with Crippen LogP contribution in [-0.2, 0) is 4.79 Å². The standard InChI is InChI=1S/C24H21N5OS3/c30-22(29-19(21-9-5-13-32-21)14-18(27-29)20-8-4-12-31-20)15-33-24-26-25-23(16-10-11-16)28(24)17-6-2-1-3-7-17/h1-9,12-13,16,19H,10-11,14-15H2/t19-/m1/s1. The molecule has 2 aliphatic rings. The topological polar surface area (TPSA) is 63.4 Å². The highest BCUT2D eigenvalue weighted by molar-refractivity contribution is 7.99. The maximum Gasteiger partial charge on any atom is 0.253 e. The van der Waals surface area contributed by atoms with Gasteiger partial charge in [0.2, 0.25) is 0 Å². The number of thioether (sulfide) groups is 1. The van der Waals surface area contributed by atoms with Crippen LogP contribution in [0.5, 0.6) is 0 Å². The van der Waals surface area contributed by atoms with E-state index in [4.69, 9.17) is 5.10 Å². The summed E-state index contributed by atoms with van der Waals surface area (Å²) in [6, 6.07) is 18.3. The summed E-state index contributed by atoms with van der Waals surface area (Å²) in [6.45, 7) is 0. The van der Waals surface area contributed by atoms with E-state index in [0.29, 0.717) is 5.92 Å². The quantitative estimate of drug-likeness (QED) is 0.309. The number of amides is 1. The van der Waals surface area contributed by atoms with Gasteiger partial charge in [-0.3, -0.25) is 9.36 Å². The number of thiophene rings is 2. The SMILES string of the molecule is O=C(CSc1nnc(C2CC2)n1-c1ccccc1)N1N=C(c2cccs2)C[C@@H]1c1cccs1. The highest BCUT2D eigenvalue weighted by Crippen LogP contribution is 2.41. The first-order chi connectivity index (χ1) is 16.3. The molecule has 0 spiro atoms. The lowest BCUT2D eigenvalue weighted by Crippen LogP contribution is -2.28. The molecule has 4 aromatic rings. The average Bonchev–Trinajstić information content (AvgIpc) is 3.34. The van der Waals surface area contributed by atoms with Crippen molar-refractivity contribution in [3.05, 3.63) is 80.9 Å². The minimum atomic E-state index is -0.0516. The predicted octanol–water partition coefficient (Wildman–Crippen LogP) is 5.74. The van der Waals surface area contributed by atoms with Gasteiger partial charge in [-0.05, 0) is 47.9 Å². The summed E-state index contributed by atoms with van der Waals surface area (Å²) >= 11 is 4.77. The molecule has 1 aliphatic heterocycles. The largest absolute Gasteiger partial charge is 0.274 e. The number of benzene rings is 1. The van der Waals surface area contributed by atoms with Gasteiger partial charge in [-0.25, -0.2) is 5.01 Å². The average molecular weight is 492 g/mol. The Morgan fingerprint density at radius 1 is 1.00 bits per heavy atom. The molecule has 0 saturated heterocycles. The van der Waals surface area contributed by atoms with E-state index in [9.17, 15) is 4.79 Å². The molecule has 9 heteroatoms. The minimum Gasteiger partial charge on any atom is -0.274 e. The molecule has 1 atom stereocenters. The van der Waals surface area contributed by atoms with Gasteiger partial charge in [0.15, 0.2) is 5.16 Å². The van der Waals surface area contributed by atoms with E-state index in [0.717, 1.165) is 51.4 Å². The zero-order valence-electron chi connectivity index (χ0n) is 17.7. The maximum atomic E-state index is 13.4. The fourth-order valence-electron chi connectivity index (χ4n) is 4.03. The van der Waals surface area contributed by atoms with Crippen molar-refractivity contribution in [2.45, 2.75) is 36.4 Å². The number of carbonyl (C=O) groups is 1.